The summed E-state index contributed by atoms with van der Waals surface area (Å²) < 4.78 is 31.0. The summed E-state index contributed by atoms with van der Waals surface area (Å²) in [6, 6.07) is 5.37. The molecule has 9 heteroatoms. The van der Waals surface area contributed by atoms with Crippen molar-refractivity contribution in [2.45, 2.75) is 30.7 Å². The molecule has 0 saturated carbocycles. The van der Waals surface area contributed by atoms with Crippen LogP contribution in [0.15, 0.2) is 29.2 Å². The Kier molecular flexibility index (Phi) is 6.88. The third kappa shape index (κ3) is 5.59. The second-order valence-electron chi connectivity index (χ2n) is 5.54. The summed E-state index contributed by atoms with van der Waals surface area (Å²) in [6.07, 6.45) is -0.306. The molecule has 1 aromatic carbocycles. The van der Waals surface area contributed by atoms with E-state index in [-0.39, 0.29) is 30.0 Å². The van der Waals surface area contributed by atoms with E-state index in [1.807, 2.05) is 0 Å². The smallest absolute Gasteiger partial charge is 0.305 e. The first kappa shape index (κ1) is 20.1. The number of carboxylic acids is 1. The van der Waals surface area contributed by atoms with Crippen molar-refractivity contribution in [1.29, 1.82) is 0 Å². The summed E-state index contributed by atoms with van der Waals surface area (Å²) in [5.41, 5.74) is -0.857. The molecule has 1 atom stereocenters. The zero-order valence-electron chi connectivity index (χ0n) is 13.8. The van der Waals surface area contributed by atoms with Gasteiger partial charge in [-0.3, -0.25) is 9.59 Å². The Bertz CT molecular complexity index is 686. The molecule has 134 valence electrons. The molecule has 0 radical (unpaired) electrons. The number of amides is 1. The van der Waals surface area contributed by atoms with Crippen molar-refractivity contribution in [1.82, 2.24) is 10.0 Å². The number of carbonyl (C=O) groups excluding carboxylic acids is 1. The molecule has 0 aliphatic heterocycles. The van der Waals surface area contributed by atoms with Gasteiger partial charge in [0.05, 0.1) is 23.5 Å². The number of nitrogens with one attached hydrogen (secondary N) is 2. The maximum atomic E-state index is 12.3. The SMILES string of the molecule is CCNS(=O)(=O)c1ccc(C(=O)NC(C)(COC)CC(=O)O)cc1. The van der Waals surface area contributed by atoms with E-state index in [2.05, 4.69) is 10.0 Å². The third-order valence-electron chi connectivity index (χ3n) is 3.18. The summed E-state index contributed by atoms with van der Waals surface area (Å²) in [4.78, 5) is 23.3. The molecule has 0 aliphatic carbocycles. The van der Waals surface area contributed by atoms with Crippen LogP contribution in [0.25, 0.3) is 0 Å². The van der Waals surface area contributed by atoms with E-state index >= 15 is 0 Å². The van der Waals surface area contributed by atoms with E-state index < -0.39 is 27.4 Å². The molecule has 1 amide bonds. The summed E-state index contributed by atoms with van der Waals surface area (Å²) in [5.74, 6) is -1.58. The van der Waals surface area contributed by atoms with Gasteiger partial charge in [-0.15, -0.1) is 0 Å². The van der Waals surface area contributed by atoms with Gasteiger partial charge in [0.1, 0.15) is 0 Å². The lowest BCUT2D eigenvalue weighted by Gasteiger charge is -2.28. The monoisotopic (exact) mass is 358 g/mol. The van der Waals surface area contributed by atoms with Gasteiger partial charge in [0.15, 0.2) is 0 Å². The van der Waals surface area contributed by atoms with Crippen LogP contribution in [0.4, 0.5) is 0 Å². The van der Waals surface area contributed by atoms with Crippen molar-refractivity contribution in [2.24, 2.45) is 0 Å². The molecule has 24 heavy (non-hydrogen) atoms. The lowest BCUT2D eigenvalue weighted by atomic mass is 9.98. The van der Waals surface area contributed by atoms with Gasteiger partial charge in [-0.1, -0.05) is 6.92 Å². The normalized spacial score (nSPS) is 14.0. The van der Waals surface area contributed by atoms with Gasteiger partial charge >= 0.3 is 5.97 Å². The van der Waals surface area contributed by atoms with Gasteiger partial charge in [-0.25, -0.2) is 13.1 Å². The first-order chi connectivity index (χ1) is 11.1. The van der Waals surface area contributed by atoms with Crippen LogP contribution in [-0.2, 0) is 19.6 Å². The first-order valence-corrected chi connectivity index (χ1v) is 8.75. The van der Waals surface area contributed by atoms with E-state index in [4.69, 9.17) is 9.84 Å². The standard InChI is InChI=1S/C15H22N2O6S/c1-4-16-24(21,22)12-7-5-11(6-8-12)14(20)17-15(2,10-23-3)9-13(18)19/h5-8,16H,4,9-10H2,1-3H3,(H,17,20)(H,18,19). The number of carboxylic acid groups (broad SMARTS) is 1. The van der Waals surface area contributed by atoms with Crippen LogP contribution >= 0.6 is 0 Å². The molecule has 1 aromatic rings. The average Bonchev–Trinajstić information content (AvgIpc) is 2.46. The molecule has 0 aromatic heterocycles. The number of methoxy groups -OCH3 is 1. The van der Waals surface area contributed by atoms with E-state index in [1.165, 1.54) is 31.4 Å². The molecule has 0 aliphatic rings. The fourth-order valence-corrected chi connectivity index (χ4v) is 3.23. The van der Waals surface area contributed by atoms with Crippen molar-refractivity contribution in [3.8, 4) is 0 Å². The number of hydrogen-bond acceptors (Lipinski definition) is 5. The van der Waals surface area contributed by atoms with Crippen molar-refractivity contribution < 1.29 is 27.9 Å². The molecule has 1 rings (SSSR count). The van der Waals surface area contributed by atoms with Crippen LogP contribution in [0.3, 0.4) is 0 Å². The predicted molar refractivity (Wildman–Crippen MR) is 87.3 cm³/mol. The fourth-order valence-electron chi connectivity index (χ4n) is 2.19. The topological polar surface area (TPSA) is 122 Å². The maximum Gasteiger partial charge on any atom is 0.305 e. The second-order valence-corrected chi connectivity index (χ2v) is 7.31. The molecular weight excluding hydrogens is 336 g/mol. The highest BCUT2D eigenvalue weighted by Gasteiger charge is 2.30. The van der Waals surface area contributed by atoms with E-state index in [0.717, 1.165) is 0 Å². The number of benzene rings is 1. The minimum absolute atomic E-state index is 0.0257. The molecular formula is C15H22N2O6S. The zero-order chi connectivity index (χ0) is 18.4. The Morgan fingerprint density at radius 1 is 1.25 bits per heavy atom. The molecule has 0 spiro atoms. The van der Waals surface area contributed by atoms with Gasteiger partial charge < -0.3 is 15.2 Å². The van der Waals surface area contributed by atoms with E-state index in [9.17, 15) is 18.0 Å². The fraction of sp³-hybridized carbons (Fsp3) is 0.467. The Labute approximate surface area is 141 Å². The van der Waals surface area contributed by atoms with Gasteiger partial charge in [-0.05, 0) is 31.2 Å². The third-order valence-corrected chi connectivity index (χ3v) is 4.74. The molecule has 3 N–H and O–H groups in total. The number of ether oxygens (including phenoxy) is 1. The highest BCUT2D eigenvalue weighted by Crippen LogP contribution is 2.14. The minimum atomic E-state index is -3.59. The highest BCUT2D eigenvalue weighted by atomic mass is 32.2. The van der Waals surface area contributed by atoms with Crippen molar-refractivity contribution in [2.75, 3.05) is 20.3 Å². The van der Waals surface area contributed by atoms with Crippen molar-refractivity contribution in [3.63, 3.8) is 0 Å². The molecule has 0 saturated heterocycles. The van der Waals surface area contributed by atoms with Gasteiger partial charge in [0.2, 0.25) is 10.0 Å². The number of sulfonamides is 1. The molecule has 0 heterocycles. The first-order valence-electron chi connectivity index (χ1n) is 7.26. The lowest BCUT2D eigenvalue weighted by Crippen LogP contribution is -2.50. The van der Waals surface area contributed by atoms with Gasteiger partial charge in [-0.2, -0.15) is 0 Å². The number of carbonyl (C=O) groups is 2. The van der Waals surface area contributed by atoms with Crippen LogP contribution in [0.1, 0.15) is 30.6 Å². The summed E-state index contributed by atoms with van der Waals surface area (Å²) in [6.45, 7) is 3.51. The summed E-state index contributed by atoms with van der Waals surface area (Å²) >= 11 is 0. The van der Waals surface area contributed by atoms with Crippen LogP contribution < -0.4 is 10.0 Å². The summed E-state index contributed by atoms with van der Waals surface area (Å²) in [5, 5.41) is 11.6. The molecule has 0 fully saturated rings. The zero-order valence-corrected chi connectivity index (χ0v) is 14.6. The van der Waals surface area contributed by atoms with Gasteiger partial charge in [0, 0.05) is 19.2 Å². The number of aliphatic carboxylic acids is 1. The minimum Gasteiger partial charge on any atom is -0.481 e. The Morgan fingerprint density at radius 3 is 2.29 bits per heavy atom. The van der Waals surface area contributed by atoms with Crippen LogP contribution in [-0.4, -0.2) is 51.2 Å². The lowest BCUT2D eigenvalue weighted by molar-refractivity contribution is -0.139. The highest BCUT2D eigenvalue weighted by molar-refractivity contribution is 7.89. The largest absolute Gasteiger partial charge is 0.481 e. The van der Waals surface area contributed by atoms with Crippen molar-refractivity contribution in [3.05, 3.63) is 29.8 Å². The molecule has 0 bridgehead atoms. The van der Waals surface area contributed by atoms with E-state index in [1.54, 1.807) is 13.8 Å². The molecule has 1 unspecified atom stereocenters. The van der Waals surface area contributed by atoms with Crippen LogP contribution in [0, 0.1) is 0 Å². The molecule has 8 nitrogen and oxygen atoms in total. The quantitative estimate of drug-likeness (QED) is 0.594. The Balaban J connectivity index is 2.93. The predicted octanol–water partition coefficient (Wildman–Crippen LogP) is 0.594. The van der Waals surface area contributed by atoms with Crippen molar-refractivity contribution >= 4 is 21.9 Å². The Morgan fingerprint density at radius 2 is 1.83 bits per heavy atom. The average molecular weight is 358 g/mol. The second kappa shape index (κ2) is 8.22. The summed E-state index contributed by atoms with van der Waals surface area (Å²) in [7, 11) is -2.18. The van der Waals surface area contributed by atoms with Gasteiger partial charge in [0.25, 0.3) is 5.91 Å². The maximum absolute atomic E-state index is 12.3. The number of rotatable bonds is 9. The van der Waals surface area contributed by atoms with Crippen LogP contribution in [0.2, 0.25) is 0 Å². The Hall–Kier alpha value is -1.97. The number of hydrogen-bond donors (Lipinski definition) is 3. The van der Waals surface area contributed by atoms with Crippen LogP contribution in [0.5, 0.6) is 0 Å². The van der Waals surface area contributed by atoms with E-state index in [0.29, 0.717) is 0 Å².